The number of rotatable bonds is 3. The molecule has 0 aliphatic carbocycles. The maximum absolute atomic E-state index is 12.6. The summed E-state index contributed by atoms with van der Waals surface area (Å²) in [6.45, 7) is 3.87. The Hall–Kier alpha value is -1.71. The van der Waals surface area contributed by atoms with Gasteiger partial charge in [0.15, 0.2) is 0 Å². The first-order valence-corrected chi connectivity index (χ1v) is 6.88. The predicted molar refractivity (Wildman–Crippen MR) is 76.3 cm³/mol. The van der Waals surface area contributed by atoms with Gasteiger partial charge >= 0.3 is 0 Å². The first-order valence-electron chi connectivity index (χ1n) is 6.88. The maximum atomic E-state index is 12.6. The number of piperidine rings is 1. The van der Waals surface area contributed by atoms with Gasteiger partial charge in [-0.3, -0.25) is 4.79 Å². The third kappa shape index (κ3) is 3.00. The molecule has 0 spiro atoms. The molecule has 1 fully saturated rings. The van der Waals surface area contributed by atoms with Crippen LogP contribution in [0.25, 0.3) is 0 Å². The number of nitrogen functional groups attached to an aromatic ring is 1. The van der Waals surface area contributed by atoms with Crippen LogP contribution in [0.4, 0.5) is 5.69 Å². The van der Waals surface area contributed by atoms with Gasteiger partial charge in [-0.15, -0.1) is 0 Å². The summed E-state index contributed by atoms with van der Waals surface area (Å²) in [5.41, 5.74) is 6.94. The third-order valence-electron chi connectivity index (χ3n) is 3.84. The number of carbonyl (C=O) groups excluding carboxylic acids is 1. The van der Waals surface area contributed by atoms with Gasteiger partial charge in [0.05, 0.1) is 12.7 Å². The molecule has 2 N–H and O–H groups in total. The van der Waals surface area contributed by atoms with Crippen molar-refractivity contribution in [2.45, 2.75) is 26.2 Å². The summed E-state index contributed by atoms with van der Waals surface area (Å²) < 4.78 is 5.26. The van der Waals surface area contributed by atoms with Gasteiger partial charge in [0.25, 0.3) is 5.91 Å². The zero-order valence-electron chi connectivity index (χ0n) is 11.7. The highest BCUT2D eigenvalue weighted by atomic mass is 16.5. The summed E-state index contributed by atoms with van der Waals surface area (Å²) in [5.74, 6) is 1.23. The zero-order chi connectivity index (χ0) is 13.8. The minimum absolute atomic E-state index is 0.0509. The number of hydrogen-bond acceptors (Lipinski definition) is 3. The van der Waals surface area contributed by atoms with E-state index in [4.69, 9.17) is 10.5 Å². The van der Waals surface area contributed by atoms with Crippen molar-refractivity contribution in [2.24, 2.45) is 5.92 Å². The summed E-state index contributed by atoms with van der Waals surface area (Å²) in [4.78, 5) is 14.5. The fourth-order valence-corrected chi connectivity index (χ4v) is 2.64. The molecule has 1 aliphatic heterocycles. The van der Waals surface area contributed by atoms with Gasteiger partial charge in [-0.1, -0.05) is 13.3 Å². The number of anilines is 1. The number of benzene rings is 1. The average molecular weight is 262 g/mol. The van der Waals surface area contributed by atoms with Crippen LogP contribution in [0.5, 0.6) is 5.75 Å². The Morgan fingerprint density at radius 1 is 1.53 bits per heavy atom. The molecule has 2 rings (SSSR count). The summed E-state index contributed by atoms with van der Waals surface area (Å²) in [5, 5.41) is 0. The van der Waals surface area contributed by atoms with E-state index in [-0.39, 0.29) is 5.91 Å². The van der Waals surface area contributed by atoms with E-state index in [0.29, 0.717) is 22.9 Å². The van der Waals surface area contributed by atoms with E-state index in [1.165, 1.54) is 6.42 Å². The Kier molecular flexibility index (Phi) is 4.30. The first-order chi connectivity index (χ1) is 9.15. The Morgan fingerprint density at radius 3 is 3.00 bits per heavy atom. The smallest absolute Gasteiger partial charge is 0.257 e. The van der Waals surface area contributed by atoms with E-state index < -0.39 is 0 Å². The van der Waals surface area contributed by atoms with Crippen molar-refractivity contribution in [3.05, 3.63) is 23.8 Å². The summed E-state index contributed by atoms with van der Waals surface area (Å²) in [6, 6.07) is 5.21. The quantitative estimate of drug-likeness (QED) is 0.852. The van der Waals surface area contributed by atoms with Crippen molar-refractivity contribution in [1.82, 2.24) is 4.90 Å². The minimum atomic E-state index is 0.0509. The second-order valence-corrected chi connectivity index (χ2v) is 5.13. The van der Waals surface area contributed by atoms with Gasteiger partial charge in [0.1, 0.15) is 5.75 Å². The van der Waals surface area contributed by atoms with Gasteiger partial charge in [-0.05, 0) is 30.9 Å². The second-order valence-electron chi connectivity index (χ2n) is 5.13. The van der Waals surface area contributed by atoms with E-state index in [0.717, 1.165) is 25.9 Å². The fraction of sp³-hybridized carbons (Fsp3) is 0.533. The first kappa shape index (κ1) is 13.7. The van der Waals surface area contributed by atoms with Crippen LogP contribution in [0, 0.1) is 5.92 Å². The lowest BCUT2D eigenvalue weighted by Crippen LogP contribution is -2.39. The molecule has 4 heteroatoms. The van der Waals surface area contributed by atoms with E-state index in [1.807, 2.05) is 4.90 Å². The van der Waals surface area contributed by atoms with Crippen LogP contribution in [0.1, 0.15) is 36.5 Å². The van der Waals surface area contributed by atoms with Crippen LogP contribution < -0.4 is 10.5 Å². The SMILES string of the molecule is CCC1CCCN(C(=O)c2ccc(N)cc2OC)C1. The molecule has 104 valence electrons. The highest BCUT2D eigenvalue weighted by molar-refractivity contribution is 5.97. The molecule has 4 nitrogen and oxygen atoms in total. The van der Waals surface area contributed by atoms with Gasteiger partial charge in [0.2, 0.25) is 0 Å². The molecule has 1 amide bonds. The van der Waals surface area contributed by atoms with E-state index >= 15 is 0 Å². The summed E-state index contributed by atoms with van der Waals surface area (Å²) in [7, 11) is 1.57. The number of hydrogen-bond donors (Lipinski definition) is 1. The largest absolute Gasteiger partial charge is 0.496 e. The Morgan fingerprint density at radius 2 is 2.32 bits per heavy atom. The normalized spacial score (nSPS) is 19.3. The second kappa shape index (κ2) is 5.95. The highest BCUT2D eigenvalue weighted by Gasteiger charge is 2.25. The highest BCUT2D eigenvalue weighted by Crippen LogP contribution is 2.26. The van der Waals surface area contributed by atoms with Gasteiger partial charge < -0.3 is 15.4 Å². The van der Waals surface area contributed by atoms with Crippen LogP contribution in [0.2, 0.25) is 0 Å². The van der Waals surface area contributed by atoms with E-state index in [9.17, 15) is 4.79 Å². The zero-order valence-corrected chi connectivity index (χ0v) is 11.7. The topological polar surface area (TPSA) is 55.6 Å². The number of nitrogens with zero attached hydrogens (tertiary/aromatic N) is 1. The molecule has 1 unspecified atom stereocenters. The number of methoxy groups -OCH3 is 1. The molecule has 1 aliphatic rings. The standard InChI is InChI=1S/C15H22N2O2/c1-3-11-5-4-8-17(10-11)15(18)13-7-6-12(16)9-14(13)19-2/h6-7,9,11H,3-5,8,10,16H2,1-2H3. The molecule has 1 aromatic rings. The van der Waals surface area contributed by atoms with Crippen molar-refractivity contribution in [1.29, 1.82) is 0 Å². The number of nitrogens with two attached hydrogens (primary N) is 1. The van der Waals surface area contributed by atoms with Crippen LogP contribution in [-0.4, -0.2) is 31.0 Å². The van der Waals surface area contributed by atoms with Crippen molar-refractivity contribution in [3.63, 3.8) is 0 Å². The molecular formula is C15H22N2O2. The molecular weight excluding hydrogens is 240 g/mol. The van der Waals surface area contributed by atoms with Crippen molar-refractivity contribution in [2.75, 3.05) is 25.9 Å². The average Bonchev–Trinajstić information content (AvgIpc) is 2.46. The van der Waals surface area contributed by atoms with Crippen LogP contribution in [0.3, 0.4) is 0 Å². The molecule has 1 atom stereocenters. The molecule has 0 bridgehead atoms. The van der Waals surface area contributed by atoms with Crippen LogP contribution in [0.15, 0.2) is 18.2 Å². The monoisotopic (exact) mass is 262 g/mol. The Balaban J connectivity index is 2.19. The molecule has 1 aromatic carbocycles. The van der Waals surface area contributed by atoms with Crippen molar-refractivity contribution < 1.29 is 9.53 Å². The van der Waals surface area contributed by atoms with Crippen LogP contribution >= 0.6 is 0 Å². The number of ether oxygens (including phenoxy) is 1. The molecule has 0 aromatic heterocycles. The Labute approximate surface area is 114 Å². The van der Waals surface area contributed by atoms with Gasteiger partial charge in [-0.2, -0.15) is 0 Å². The lowest BCUT2D eigenvalue weighted by molar-refractivity contribution is 0.0668. The molecule has 0 saturated carbocycles. The molecule has 1 heterocycles. The third-order valence-corrected chi connectivity index (χ3v) is 3.84. The minimum Gasteiger partial charge on any atom is -0.496 e. The predicted octanol–water partition coefficient (Wildman–Crippen LogP) is 2.54. The lowest BCUT2D eigenvalue weighted by Gasteiger charge is -2.32. The Bertz CT molecular complexity index is 459. The van der Waals surface area contributed by atoms with Crippen LogP contribution in [-0.2, 0) is 0 Å². The number of amides is 1. The van der Waals surface area contributed by atoms with Crippen molar-refractivity contribution >= 4 is 11.6 Å². The summed E-state index contributed by atoms with van der Waals surface area (Å²) in [6.07, 6.45) is 3.43. The van der Waals surface area contributed by atoms with Gasteiger partial charge in [-0.25, -0.2) is 0 Å². The number of likely N-dealkylation sites (tertiary alicyclic amines) is 1. The molecule has 19 heavy (non-hydrogen) atoms. The van der Waals surface area contributed by atoms with E-state index in [2.05, 4.69) is 6.92 Å². The van der Waals surface area contributed by atoms with Crippen molar-refractivity contribution in [3.8, 4) is 5.75 Å². The van der Waals surface area contributed by atoms with Gasteiger partial charge in [0, 0.05) is 24.8 Å². The maximum Gasteiger partial charge on any atom is 0.257 e. The molecule has 1 saturated heterocycles. The van der Waals surface area contributed by atoms with E-state index in [1.54, 1.807) is 25.3 Å². The number of carbonyl (C=O) groups is 1. The molecule has 0 radical (unpaired) electrons. The lowest BCUT2D eigenvalue weighted by atomic mass is 9.95. The fourth-order valence-electron chi connectivity index (χ4n) is 2.64. The summed E-state index contributed by atoms with van der Waals surface area (Å²) >= 11 is 0.